The van der Waals surface area contributed by atoms with E-state index >= 15 is 0 Å². The van der Waals surface area contributed by atoms with Crippen LogP contribution in [0.3, 0.4) is 0 Å². The molecular weight excluding hydrogens is 270 g/mol. The Balaban J connectivity index is 1.95. The van der Waals surface area contributed by atoms with Gasteiger partial charge in [0.05, 0.1) is 23.9 Å². The van der Waals surface area contributed by atoms with Gasteiger partial charge in [-0.2, -0.15) is 0 Å². The third-order valence-electron chi connectivity index (χ3n) is 3.20. The van der Waals surface area contributed by atoms with E-state index in [1.165, 1.54) is 4.88 Å². The van der Waals surface area contributed by atoms with E-state index < -0.39 is 0 Å². The molecule has 0 unspecified atom stereocenters. The first kappa shape index (κ1) is 14.8. The molecular formula is C15H21N3OS. The molecule has 0 aliphatic carbocycles. The first-order chi connectivity index (χ1) is 9.60. The summed E-state index contributed by atoms with van der Waals surface area (Å²) in [6.45, 7) is 5.70. The van der Waals surface area contributed by atoms with Crippen molar-refractivity contribution in [1.82, 2.24) is 4.98 Å². The summed E-state index contributed by atoms with van der Waals surface area (Å²) in [6, 6.07) is 8.24. The Labute approximate surface area is 124 Å². The number of hydrogen-bond donors (Lipinski definition) is 2. The Hall–Kier alpha value is -1.59. The Morgan fingerprint density at radius 3 is 2.50 bits per heavy atom. The van der Waals surface area contributed by atoms with Crippen molar-refractivity contribution in [3.05, 3.63) is 39.8 Å². The van der Waals surface area contributed by atoms with E-state index in [-0.39, 0.29) is 6.61 Å². The predicted molar refractivity (Wildman–Crippen MR) is 85.7 cm³/mol. The van der Waals surface area contributed by atoms with Crippen molar-refractivity contribution in [1.29, 1.82) is 0 Å². The van der Waals surface area contributed by atoms with Gasteiger partial charge in [-0.05, 0) is 38.1 Å². The van der Waals surface area contributed by atoms with Crippen LogP contribution < -0.4 is 10.2 Å². The highest BCUT2D eigenvalue weighted by atomic mass is 32.1. The Morgan fingerprint density at radius 1 is 1.25 bits per heavy atom. The molecule has 5 heteroatoms. The van der Waals surface area contributed by atoms with Crippen LogP contribution in [0.25, 0.3) is 0 Å². The molecule has 0 saturated carbocycles. The number of benzene rings is 1. The molecule has 1 aromatic heterocycles. The molecule has 1 heterocycles. The maximum Gasteiger partial charge on any atom is 0.0900 e. The van der Waals surface area contributed by atoms with Crippen LogP contribution in [0.1, 0.15) is 15.6 Å². The minimum Gasteiger partial charge on any atom is -0.395 e. The molecule has 2 aromatic rings. The number of likely N-dealkylation sites (N-methyl/N-ethyl adjacent to an activating group) is 1. The van der Waals surface area contributed by atoms with Crippen LogP contribution in [0, 0.1) is 13.8 Å². The van der Waals surface area contributed by atoms with Crippen molar-refractivity contribution in [3.63, 3.8) is 0 Å². The molecule has 108 valence electrons. The number of nitrogens with one attached hydrogen (secondary N) is 1. The quantitative estimate of drug-likeness (QED) is 0.859. The van der Waals surface area contributed by atoms with Crippen LogP contribution in [0.5, 0.6) is 0 Å². The number of aromatic nitrogens is 1. The Kier molecular flexibility index (Phi) is 4.98. The van der Waals surface area contributed by atoms with Gasteiger partial charge in [0.15, 0.2) is 0 Å². The SMILES string of the molecule is Cc1nc(C)c(CNc2ccc(N(C)CCO)cc2)s1. The fourth-order valence-corrected chi connectivity index (χ4v) is 2.91. The van der Waals surface area contributed by atoms with Gasteiger partial charge >= 0.3 is 0 Å². The van der Waals surface area contributed by atoms with Crippen LogP contribution in [0.15, 0.2) is 24.3 Å². The monoisotopic (exact) mass is 291 g/mol. The van der Waals surface area contributed by atoms with E-state index in [0.717, 1.165) is 28.6 Å². The van der Waals surface area contributed by atoms with Gasteiger partial charge in [-0.15, -0.1) is 11.3 Å². The lowest BCUT2D eigenvalue weighted by Gasteiger charge is -2.18. The second-order valence-electron chi connectivity index (χ2n) is 4.79. The van der Waals surface area contributed by atoms with E-state index in [0.29, 0.717) is 6.54 Å². The summed E-state index contributed by atoms with van der Waals surface area (Å²) in [6.07, 6.45) is 0. The molecule has 0 spiro atoms. The molecule has 2 rings (SSSR count). The van der Waals surface area contributed by atoms with Crippen molar-refractivity contribution in [2.45, 2.75) is 20.4 Å². The highest BCUT2D eigenvalue weighted by molar-refractivity contribution is 7.11. The lowest BCUT2D eigenvalue weighted by Crippen LogP contribution is -2.20. The van der Waals surface area contributed by atoms with Crippen molar-refractivity contribution < 1.29 is 5.11 Å². The Bertz CT molecular complexity index is 551. The molecule has 0 radical (unpaired) electrons. The number of rotatable bonds is 6. The minimum absolute atomic E-state index is 0.167. The number of nitrogens with zero attached hydrogens (tertiary/aromatic N) is 2. The molecule has 0 bridgehead atoms. The number of hydrogen-bond acceptors (Lipinski definition) is 5. The first-order valence-electron chi connectivity index (χ1n) is 6.69. The third-order valence-corrected chi connectivity index (χ3v) is 4.27. The first-order valence-corrected chi connectivity index (χ1v) is 7.50. The molecule has 0 amide bonds. The highest BCUT2D eigenvalue weighted by Crippen LogP contribution is 2.20. The van der Waals surface area contributed by atoms with Crippen LogP contribution in [-0.4, -0.2) is 30.3 Å². The number of aryl methyl sites for hydroxylation is 2. The molecule has 20 heavy (non-hydrogen) atoms. The molecule has 0 saturated heterocycles. The van der Waals surface area contributed by atoms with Crippen molar-refractivity contribution >= 4 is 22.7 Å². The van der Waals surface area contributed by atoms with E-state index in [1.807, 2.05) is 25.8 Å². The summed E-state index contributed by atoms with van der Waals surface area (Å²) in [5.41, 5.74) is 3.31. The summed E-state index contributed by atoms with van der Waals surface area (Å²) in [7, 11) is 1.97. The van der Waals surface area contributed by atoms with Crippen LogP contribution in [0.4, 0.5) is 11.4 Å². The summed E-state index contributed by atoms with van der Waals surface area (Å²) < 4.78 is 0. The molecule has 4 nitrogen and oxygen atoms in total. The molecule has 0 atom stereocenters. The largest absolute Gasteiger partial charge is 0.395 e. The fourth-order valence-electron chi connectivity index (χ4n) is 2.03. The maximum absolute atomic E-state index is 8.93. The third kappa shape index (κ3) is 3.71. The van der Waals surface area contributed by atoms with Crippen molar-refractivity contribution in [2.75, 3.05) is 30.4 Å². The van der Waals surface area contributed by atoms with Crippen LogP contribution in [-0.2, 0) is 6.54 Å². The topological polar surface area (TPSA) is 48.4 Å². The number of thiazole rings is 1. The van der Waals surface area contributed by atoms with Gasteiger partial charge in [0, 0.05) is 29.8 Å². The van der Waals surface area contributed by atoms with Gasteiger partial charge in [0.2, 0.25) is 0 Å². The van der Waals surface area contributed by atoms with Gasteiger partial charge in [-0.1, -0.05) is 0 Å². The molecule has 2 N–H and O–H groups in total. The summed E-state index contributed by atoms with van der Waals surface area (Å²) >= 11 is 1.74. The van der Waals surface area contributed by atoms with E-state index in [1.54, 1.807) is 11.3 Å². The highest BCUT2D eigenvalue weighted by Gasteiger charge is 2.05. The van der Waals surface area contributed by atoms with Gasteiger partial charge in [0.25, 0.3) is 0 Å². The average Bonchev–Trinajstić information content (AvgIpc) is 2.75. The fraction of sp³-hybridized carbons (Fsp3) is 0.400. The second kappa shape index (κ2) is 6.72. The molecule has 0 aliphatic heterocycles. The zero-order chi connectivity index (χ0) is 14.5. The van der Waals surface area contributed by atoms with Crippen LogP contribution in [0.2, 0.25) is 0 Å². The van der Waals surface area contributed by atoms with Gasteiger partial charge in [-0.25, -0.2) is 4.98 Å². The lowest BCUT2D eigenvalue weighted by atomic mass is 10.2. The normalized spacial score (nSPS) is 10.6. The molecule has 1 aromatic carbocycles. The molecule has 0 aliphatic rings. The van der Waals surface area contributed by atoms with Crippen molar-refractivity contribution in [2.24, 2.45) is 0 Å². The van der Waals surface area contributed by atoms with E-state index in [4.69, 9.17) is 5.11 Å². The van der Waals surface area contributed by atoms with Gasteiger partial charge in [-0.3, -0.25) is 0 Å². The smallest absolute Gasteiger partial charge is 0.0900 e. The zero-order valence-electron chi connectivity index (χ0n) is 12.2. The van der Waals surface area contributed by atoms with Crippen LogP contribution >= 0.6 is 11.3 Å². The standard InChI is InChI=1S/C15H21N3OS/c1-11-15(20-12(2)17-11)10-16-13-4-6-14(7-5-13)18(3)8-9-19/h4-7,16,19H,8-10H2,1-3H3. The van der Waals surface area contributed by atoms with Crippen molar-refractivity contribution in [3.8, 4) is 0 Å². The number of aliphatic hydroxyl groups is 1. The maximum atomic E-state index is 8.93. The summed E-state index contributed by atoms with van der Waals surface area (Å²) in [4.78, 5) is 7.74. The van der Waals surface area contributed by atoms with Gasteiger partial charge < -0.3 is 15.3 Å². The number of aliphatic hydroxyl groups excluding tert-OH is 1. The van der Waals surface area contributed by atoms with E-state index in [9.17, 15) is 0 Å². The Morgan fingerprint density at radius 2 is 1.95 bits per heavy atom. The minimum atomic E-state index is 0.167. The zero-order valence-corrected chi connectivity index (χ0v) is 13.0. The average molecular weight is 291 g/mol. The second-order valence-corrected chi connectivity index (χ2v) is 6.07. The van der Waals surface area contributed by atoms with E-state index in [2.05, 4.69) is 34.6 Å². The molecule has 0 fully saturated rings. The number of anilines is 2. The predicted octanol–water partition coefficient (Wildman–Crippen LogP) is 2.80. The van der Waals surface area contributed by atoms with Gasteiger partial charge in [0.1, 0.15) is 0 Å². The summed E-state index contributed by atoms with van der Waals surface area (Å²) in [5, 5.41) is 13.5. The lowest BCUT2D eigenvalue weighted by molar-refractivity contribution is 0.304. The summed E-state index contributed by atoms with van der Waals surface area (Å²) in [5.74, 6) is 0.